The van der Waals surface area contributed by atoms with Crippen molar-refractivity contribution in [2.24, 2.45) is 0 Å². The lowest BCUT2D eigenvalue weighted by atomic mass is 10.0. The molecule has 2 amide bonds. The molecule has 0 saturated heterocycles. The van der Waals surface area contributed by atoms with Gasteiger partial charge in [0, 0.05) is 11.3 Å². The number of rotatable bonds is 3. The zero-order valence-electron chi connectivity index (χ0n) is 14.0. The number of hydrogen-bond acceptors (Lipinski definition) is 4. The molecule has 1 aliphatic rings. The second-order valence-electron chi connectivity index (χ2n) is 6.04. The van der Waals surface area contributed by atoms with Crippen LogP contribution in [0.5, 0.6) is 0 Å². The molecule has 0 spiro atoms. The van der Waals surface area contributed by atoms with Gasteiger partial charge in [0.05, 0.1) is 5.56 Å². The van der Waals surface area contributed by atoms with Crippen LogP contribution in [0.3, 0.4) is 0 Å². The average Bonchev–Trinajstić information content (AvgIpc) is 2.91. The molecule has 6 nitrogen and oxygen atoms in total. The summed E-state index contributed by atoms with van der Waals surface area (Å²) < 4.78 is 25.4. The summed E-state index contributed by atoms with van der Waals surface area (Å²) in [6.45, 7) is 0. The third-order valence-electron chi connectivity index (χ3n) is 4.25. The first-order chi connectivity index (χ1) is 12.9. The second kappa shape index (κ2) is 6.37. The molecule has 0 saturated carbocycles. The van der Waals surface area contributed by atoms with Gasteiger partial charge in [0.1, 0.15) is 4.90 Å². The Bertz CT molecular complexity index is 1150. The smallest absolute Gasteiger partial charge is 0.266 e. The SMILES string of the molecule is O=C(Nc1ccc2c(c1)C(=O)NS2(=O)=O)c1ccc(-c2ccccc2)cc1. The van der Waals surface area contributed by atoms with Gasteiger partial charge in [-0.25, -0.2) is 13.1 Å². The number of amides is 2. The average molecular weight is 378 g/mol. The maximum atomic E-state index is 12.4. The van der Waals surface area contributed by atoms with Crippen molar-refractivity contribution in [1.29, 1.82) is 0 Å². The molecule has 4 rings (SSSR count). The summed E-state index contributed by atoms with van der Waals surface area (Å²) in [5.74, 6) is -1.05. The van der Waals surface area contributed by atoms with E-state index < -0.39 is 15.9 Å². The molecule has 1 heterocycles. The molecule has 27 heavy (non-hydrogen) atoms. The summed E-state index contributed by atoms with van der Waals surface area (Å²) in [5, 5.41) is 2.68. The van der Waals surface area contributed by atoms with Crippen LogP contribution in [0.4, 0.5) is 5.69 Å². The molecule has 0 aliphatic carbocycles. The Balaban J connectivity index is 1.55. The van der Waals surface area contributed by atoms with Gasteiger partial charge in [0.15, 0.2) is 0 Å². The Hall–Kier alpha value is -3.45. The van der Waals surface area contributed by atoms with Crippen LogP contribution in [0, 0.1) is 0 Å². The lowest BCUT2D eigenvalue weighted by molar-refractivity contribution is 0.0982. The molecule has 3 aromatic rings. The van der Waals surface area contributed by atoms with E-state index in [0.29, 0.717) is 11.3 Å². The molecule has 134 valence electrons. The van der Waals surface area contributed by atoms with Gasteiger partial charge in [0.2, 0.25) is 0 Å². The highest BCUT2D eigenvalue weighted by atomic mass is 32.2. The van der Waals surface area contributed by atoms with E-state index in [1.807, 2.05) is 47.2 Å². The molecule has 0 atom stereocenters. The van der Waals surface area contributed by atoms with Gasteiger partial charge in [-0.1, -0.05) is 42.5 Å². The molecule has 1 aliphatic heterocycles. The summed E-state index contributed by atoms with van der Waals surface area (Å²) >= 11 is 0. The van der Waals surface area contributed by atoms with E-state index in [1.54, 1.807) is 12.1 Å². The molecule has 0 unspecified atom stereocenters. The first kappa shape index (κ1) is 17.0. The standard InChI is InChI=1S/C20H14N2O4S/c23-19(15-8-6-14(7-9-15)13-4-2-1-3-5-13)21-16-10-11-18-17(12-16)20(24)22-27(18,25)26/h1-12H,(H,21,23)(H,22,24). The van der Waals surface area contributed by atoms with Crippen molar-refractivity contribution in [3.63, 3.8) is 0 Å². The van der Waals surface area contributed by atoms with Gasteiger partial charge in [0.25, 0.3) is 21.8 Å². The van der Waals surface area contributed by atoms with E-state index in [-0.39, 0.29) is 16.4 Å². The van der Waals surface area contributed by atoms with Crippen molar-refractivity contribution >= 4 is 27.5 Å². The van der Waals surface area contributed by atoms with Crippen LogP contribution >= 0.6 is 0 Å². The minimum atomic E-state index is -3.80. The largest absolute Gasteiger partial charge is 0.322 e. The van der Waals surface area contributed by atoms with Crippen molar-refractivity contribution in [2.75, 3.05) is 5.32 Å². The lowest BCUT2D eigenvalue weighted by Crippen LogP contribution is -2.20. The number of anilines is 1. The van der Waals surface area contributed by atoms with Gasteiger partial charge in [-0.15, -0.1) is 0 Å². The maximum absolute atomic E-state index is 12.4. The third kappa shape index (κ3) is 3.20. The van der Waals surface area contributed by atoms with Crippen LogP contribution in [-0.4, -0.2) is 20.2 Å². The number of carbonyl (C=O) groups is 2. The topological polar surface area (TPSA) is 92.3 Å². The number of carbonyl (C=O) groups excluding carboxylic acids is 2. The minimum Gasteiger partial charge on any atom is -0.322 e. The molecular weight excluding hydrogens is 364 g/mol. The van der Waals surface area contributed by atoms with Crippen LogP contribution in [0.15, 0.2) is 77.7 Å². The Morgan fingerprint density at radius 2 is 1.52 bits per heavy atom. The highest BCUT2D eigenvalue weighted by Gasteiger charge is 2.32. The second-order valence-corrected chi connectivity index (χ2v) is 7.69. The normalized spacial score (nSPS) is 14.3. The molecule has 7 heteroatoms. The predicted molar refractivity (Wildman–Crippen MR) is 101 cm³/mol. The Kier molecular flexibility index (Phi) is 4.01. The van der Waals surface area contributed by atoms with E-state index in [9.17, 15) is 18.0 Å². The quantitative estimate of drug-likeness (QED) is 0.733. The molecular formula is C20H14N2O4S. The molecule has 2 N–H and O–H groups in total. The summed E-state index contributed by atoms with van der Waals surface area (Å²) in [6.07, 6.45) is 0. The van der Waals surface area contributed by atoms with E-state index in [2.05, 4.69) is 5.32 Å². The van der Waals surface area contributed by atoms with Gasteiger partial charge in [-0.2, -0.15) is 0 Å². The number of sulfonamides is 1. The fourth-order valence-corrected chi connectivity index (χ4v) is 4.05. The fourth-order valence-electron chi connectivity index (χ4n) is 2.90. The Morgan fingerprint density at radius 3 is 2.22 bits per heavy atom. The van der Waals surface area contributed by atoms with Crippen molar-refractivity contribution in [3.8, 4) is 11.1 Å². The molecule has 0 radical (unpaired) electrons. The summed E-state index contributed by atoms with van der Waals surface area (Å²) in [5.41, 5.74) is 2.86. The molecule has 0 fully saturated rings. The first-order valence-corrected chi connectivity index (χ1v) is 9.60. The number of fused-ring (bicyclic) bond motifs is 1. The predicted octanol–water partition coefficient (Wildman–Crippen LogP) is 3.04. The van der Waals surface area contributed by atoms with E-state index in [4.69, 9.17) is 0 Å². The number of nitrogens with one attached hydrogen (secondary N) is 2. The summed E-state index contributed by atoms with van der Waals surface area (Å²) in [7, 11) is -3.80. The van der Waals surface area contributed by atoms with Gasteiger partial charge in [-0.3, -0.25) is 9.59 Å². The minimum absolute atomic E-state index is 0.0206. The Morgan fingerprint density at radius 1 is 0.852 bits per heavy atom. The number of benzene rings is 3. The molecule has 3 aromatic carbocycles. The zero-order valence-corrected chi connectivity index (χ0v) is 14.8. The van der Waals surface area contributed by atoms with E-state index in [0.717, 1.165) is 11.1 Å². The van der Waals surface area contributed by atoms with Crippen LogP contribution in [0.1, 0.15) is 20.7 Å². The third-order valence-corrected chi connectivity index (χ3v) is 5.64. The monoisotopic (exact) mass is 378 g/mol. The van der Waals surface area contributed by atoms with Crippen molar-refractivity contribution in [1.82, 2.24) is 4.72 Å². The van der Waals surface area contributed by atoms with E-state index in [1.165, 1.54) is 18.2 Å². The van der Waals surface area contributed by atoms with Gasteiger partial charge < -0.3 is 5.32 Å². The highest BCUT2D eigenvalue weighted by Crippen LogP contribution is 2.26. The van der Waals surface area contributed by atoms with Crippen LogP contribution in [-0.2, 0) is 10.0 Å². The molecule has 0 aromatic heterocycles. The van der Waals surface area contributed by atoms with Crippen molar-refractivity contribution < 1.29 is 18.0 Å². The fraction of sp³-hybridized carbons (Fsp3) is 0. The highest BCUT2D eigenvalue weighted by molar-refractivity contribution is 7.90. The number of hydrogen-bond donors (Lipinski definition) is 2. The van der Waals surface area contributed by atoms with Crippen molar-refractivity contribution in [3.05, 3.63) is 83.9 Å². The van der Waals surface area contributed by atoms with Crippen LogP contribution < -0.4 is 10.0 Å². The summed E-state index contributed by atoms with van der Waals surface area (Å²) in [6, 6.07) is 21.0. The van der Waals surface area contributed by atoms with Crippen molar-refractivity contribution in [2.45, 2.75) is 4.90 Å². The van der Waals surface area contributed by atoms with Crippen LogP contribution in [0.2, 0.25) is 0 Å². The van der Waals surface area contributed by atoms with Gasteiger partial charge >= 0.3 is 0 Å². The van der Waals surface area contributed by atoms with Gasteiger partial charge in [-0.05, 0) is 41.5 Å². The molecule has 0 bridgehead atoms. The maximum Gasteiger partial charge on any atom is 0.266 e. The Labute approximate surface area is 155 Å². The van der Waals surface area contributed by atoms with E-state index >= 15 is 0 Å². The lowest BCUT2D eigenvalue weighted by Gasteiger charge is -2.07. The first-order valence-electron chi connectivity index (χ1n) is 8.12. The van der Waals surface area contributed by atoms with Crippen LogP contribution in [0.25, 0.3) is 11.1 Å². The summed E-state index contributed by atoms with van der Waals surface area (Å²) in [4.78, 5) is 24.1. The zero-order chi connectivity index (χ0) is 19.0.